The average Bonchev–Trinajstić information content (AvgIpc) is 2.90. The van der Waals surface area contributed by atoms with Crippen molar-refractivity contribution in [2.45, 2.75) is 105 Å². The van der Waals surface area contributed by atoms with Crippen LogP contribution in [0, 0.1) is 37.5 Å². The van der Waals surface area contributed by atoms with Gasteiger partial charge in [-0.15, -0.1) is 0 Å². The average molecular weight is 501 g/mol. The predicted molar refractivity (Wildman–Crippen MR) is 158 cm³/mol. The molecule has 2 aliphatic carbocycles. The van der Waals surface area contributed by atoms with Crippen molar-refractivity contribution in [2.75, 3.05) is 0 Å². The Morgan fingerprint density at radius 1 is 0.838 bits per heavy atom. The van der Waals surface area contributed by atoms with Crippen LogP contribution in [0.15, 0.2) is 60.2 Å². The first-order valence-corrected chi connectivity index (χ1v) is 14.8. The molecule has 0 heterocycles. The van der Waals surface area contributed by atoms with E-state index in [9.17, 15) is 0 Å². The first-order valence-electron chi connectivity index (χ1n) is 14.8. The number of hydrogen-bond donors (Lipinski definition) is 0. The lowest BCUT2D eigenvalue weighted by atomic mass is 9.68. The number of allylic oxidation sites excluding steroid dienone is 4. The van der Waals surface area contributed by atoms with Gasteiger partial charge in [-0.1, -0.05) is 60.2 Å². The number of alkyl halides is 1. The van der Waals surface area contributed by atoms with Crippen LogP contribution in [0.25, 0.3) is 5.57 Å². The maximum Gasteiger partial charge on any atom is 0.137 e. The molecule has 0 aliphatic heterocycles. The maximum atomic E-state index is 15.8. The minimum atomic E-state index is -1.38. The van der Waals surface area contributed by atoms with Crippen molar-refractivity contribution in [1.29, 1.82) is 0 Å². The Hall–Kier alpha value is -2.15. The smallest absolute Gasteiger partial charge is 0.137 e. The molecule has 0 spiro atoms. The monoisotopic (exact) mass is 500 g/mol. The van der Waals surface area contributed by atoms with Gasteiger partial charge >= 0.3 is 0 Å². The van der Waals surface area contributed by atoms with Crippen LogP contribution in [0.3, 0.4) is 0 Å². The summed E-state index contributed by atoms with van der Waals surface area (Å²) in [7, 11) is 0. The van der Waals surface area contributed by atoms with Crippen molar-refractivity contribution in [2.24, 2.45) is 23.7 Å². The summed E-state index contributed by atoms with van der Waals surface area (Å²) in [5.74, 6) is 3.43. The molecule has 37 heavy (non-hydrogen) atoms. The molecule has 2 fully saturated rings. The van der Waals surface area contributed by atoms with E-state index >= 15 is 4.39 Å². The van der Waals surface area contributed by atoms with Crippen molar-refractivity contribution in [3.8, 4) is 0 Å². The fourth-order valence-electron chi connectivity index (χ4n) is 7.11. The van der Waals surface area contributed by atoms with Crippen molar-refractivity contribution < 1.29 is 4.39 Å². The van der Waals surface area contributed by atoms with Gasteiger partial charge in [-0.3, -0.25) is 0 Å². The summed E-state index contributed by atoms with van der Waals surface area (Å²) in [5, 5.41) is 0. The third-order valence-corrected chi connectivity index (χ3v) is 9.95. The highest BCUT2D eigenvalue weighted by molar-refractivity contribution is 5.67. The van der Waals surface area contributed by atoms with Crippen molar-refractivity contribution in [1.82, 2.24) is 0 Å². The van der Waals surface area contributed by atoms with Crippen LogP contribution in [0.4, 0.5) is 4.39 Å². The van der Waals surface area contributed by atoms with Gasteiger partial charge < -0.3 is 0 Å². The minimum Gasteiger partial charge on any atom is -0.239 e. The van der Waals surface area contributed by atoms with Gasteiger partial charge in [-0.05, 0) is 150 Å². The maximum absolute atomic E-state index is 15.8. The molecule has 2 aliphatic rings. The standard InChI is InChI=1S/C36H49F/c1-7-8-29-11-13-33(14-12-29)34-17-15-31(16-18-34)27(4)28(5)32-19-21-35(22-20-32)36(6,37)24-30-10-9-25(2)26(3)23-30/h7-10,19-23,29,31,33-34H,11-18,24H2,1-6H3/b8-7+,28-27+. The Morgan fingerprint density at radius 3 is 2.00 bits per heavy atom. The zero-order chi connectivity index (χ0) is 26.6. The van der Waals surface area contributed by atoms with Gasteiger partial charge in [0.2, 0.25) is 0 Å². The molecule has 0 saturated heterocycles. The van der Waals surface area contributed by atoms with E-state index in [0.717, 1.165) is 28.9 Å². The lowest BCUT2D eigenvalue weighted by Gasteiger charge is -2.38. The molecule has 200 valence electrons. The molecule has 2 saturated carbocycles. The fourth-order valence-corrected chi connectivity index (χ4v) is 7.11. The topological polar surface area (TPSA) is 0 Å². The zero-order valence-corrected chi connectivity index (χ0v) is 24.2. The van der Waals surface area contributed by atoms with Crippen LogP contribution in [-0.4, -0.2) is 0 Å². The molecule has 0 radical (unpaired) electrons. The van der Waals surface area contributed by atoms with Crippen LogP contribution in [0.5, 0.6) is 0 Å². The zero-order valence-electron chi connectivity index (χ0n) is 24.2. The highest BCUT2D eigenvalue weighted by Gasteiger charge is 2.31. The summed E-state index contributed by atoms with van der Waals surface area (Å²) in [6, 6.07) is 14.6. The molecule has 1 atom stereocenters. The van der Waals surface area contributed by atoms with E-state index in [2.05, 4.69) is 77.1 Å². The third-order valence-electron chi connectivity index (χ3n) is 9.95. The lowest BCUT2D eigenvalue weighted by molar-refractivity contribution is 0.164. The summed E-state index contributed by atoms with van der Waals surface area (Å²) < 4.78 is 15.8. The largest absolute Gasteiger partial charge is 0.239 e. The second-order valence-corrected chi connectivity index (χ2v) is 12.5. The van der Waals surface area contributed by atoms with Crippen molar-refractivity contribution in [3.63, 3.8) is 0 Å². The normalized spacial score (nSPS) is 27.1. The molecule has 0 nitrogen and oxygen atoms in total. The van der Waals surface area contributed by atoms with Gasteiger partial charge in [0.15, 0.2) is 0 Å². The van der Waals surface area contributed by atoms with E-state index < -0.39 is 5.67 Å². The quantitative estimate of drug-likeness (QED) is 0.332. The summed E-state index contributed by atoms with van der Waals surface area (Å²) in [6.45, 7) is 12.7. The van der Waals surface area contributed by atoms with Gasteiger partial charge in [0, 0.05) is 6.42 Å². The number of halogens is 1. The summed E-state index contributed by atoms with van der Waals surface area (Å²) in [5.41, 5.74) is 7.11. The summed E-state index contributed by atoms with van der Waals surface area (Å²) in [6.07, 6.45) is 16.2. The van der Waals surface area contributed by atoms with E-state index in [-0.39, 0.29) is 0 Å². The number of benzene rings is 2. The van der Waals surface area contributed by atoms with E-state index in [1.165, 1.54) is 73.6 Å². The molecule has 0 N–H and O–H groups in total. The highest BCUT2D eigenvalue weighted by Crippen LogP contribution is 2.44. The summed E-state index contributed by atoms with van der Waals surface area (Å²) in [4.78, 5) is 0. The molecule has 2 aromatic carbocycles. The Labute approximate surface area is 226 Å². The van der Waals surface area contributed by atoms with Gasteiger partial charge in [0.25, 0.3) is 0 Å². The van der Waals surface area contributed by atoms with Gasteiger partial charge in [-0.2, -0.15) is 0 Å². The Morgan fingerprint density at radius 2 is 1.43 bits per heavy atom. The molecule has 4 rings (SSSR count). The molecule has 0 bridgehead atoms. The van der Waals surface area contributed by atoms with Crippen LogP contribution < -0.4 is 0 Å². The van der Waals surface area contributed by atoms with Gasteiger partial charge in [0.05, 0.1) is 0 Å². The highest BCUT2D eigenvalue weighted by atomic mass is 19.1. The number of aryl methyl sites for hydroxylation is 2. The second-order valence-electron chi connectivity index (χ2n) is 12.5. The molecular weight excluding hydrogens is 451 g/mol. The lowest BCUT2D eigenvalue weighted by Crippen LogP contribution is -2.26. The van der Waals surface area contributed by atoms with Crippen molar-refractivity contribution in [3.05, 3.63) is 88.0 Å². The van der Waals surface area contributed by atoms with E-state index in [1.54, 1.807) is 12.5 Å². The van der Waals surface area contributed by atoms with Crippen molar-refractivity contribution >= 4 is 5.57 Å². The van der Waals surface area contributed by atoms with E-state index in [1.807, 2.05) is 12.1 Å². The Bertz CT molecular complexity index is 1080. The van der Waals surface area contributed by atoms with Crippen LogP contribution in [-0.2, 0) is 12.1 Å². The van der Waals surface area contributed by atoms with E-state index in [0.29, 0.717) is 12.3 Å². The predicted octanol–water partition coefficient (Wildman–Crippen LogP) is 10.7. The first-order chi connectivity index (χ1) is 17.7. The van der Waals surface area contributed by atoms with Crippen LogP contribution >= 0.6 is 0 Å². The van der Waals surface area contributed by atoms with Crippen LogP contribution in [0.2, 0.25) is 0 Å². The third kappa shape index (κ3) is 6.84. The molecular formula is C36H49F. The first kappa shape index (κ1) is 27.9. The molecule has 0 amide bonds. The molecule has 2 aromatic rings. The Balaban J connectivity index is 1.35. The minimum absolute atomic E-state index is 0.404. The van der Waals surface area contributed by atoms with Gasteiger partial charge in [-0.25, -0.2) is 4.39 Å². The SMILES string of the molecule is C/C=C/C1CCC(C2CCC(/C(C)=C(\C)c3ccc(C(C)(F)Cc4ccc(C)c(C)c4)cc3)CC2)CC1. The van der Waals surface area contributed by atoms with E-state index in [4.69, 9.17) is 0 Å². The number of hydrogen-bond acceptors (Lipinski definition) is 0. The second kappa shape index (κ2) is 12.1. The molecule has 0 aromatic heterocycles. The van der Waals surface area contributed by atoms with Gasteiger partial charge in [0.1, 0.15) is 5.67 Å². The molecule has 1 heteroatoms. The van der Waals surface area contributed by atoms with Crippen LogP contribution in [0.1, 0.15) is 107 Å². The fraction of sp³-hybridized carbons (Fsp3) is 0.556. The summed E-state index contributed by atoms with van der Waals surface area (Å²) >= 11 is 0. The number of rotatable bonds is 7. The Kier molecular flexibility index (Phi) is 9.15. The molecule has 1 unspecified atom stereocenters.